The van der Waals surface area contributed by atoms with Gasteiger partial charge >= 0.3 is 0 Å². The van der Waals surface area contributed by atoms with E-state index in [1.807, 2.05) is 24.3 Å². The first-order chi connectivity index (χ1) is 13.6. The lowest BCUT2D eigenvalue weighted by molar-refractivity contribution is -0.122. The zero-order valence-corrected chi connectivity index (χ0v) is 16.3. The number of rotatable bonds is 4. The largest absolute Gasteiger partial charge is 0.486 e. The molecule has 0 aromatic heterocycles. The van der Waals surface area contributed by atoms with Crippen molar-refractivity contribution in [1.82, 2.24) is 4.90 Å². The number of carbonyl (C=O) groups is 2. The normalized spacial score (nSPS) is 21.0. The van der Waals surface area contributed by atoms with Crippen molar-refractivity contribution in [2.75, 3.05) is 31.7 Å². The Morgan fingerprint density at radius 3 is 2.71 bits per heavy atom. The molecule has 0 N–H and O–H groups in total. The second-order valence-corrected chi connectivity index (χ2v) is 7.34. The number of ether oxygens (including phenoxy) is 2. The molecule has 2 aromatic carbocycles. The van der Waals surface area contributed by atoms with Crippen molar-refractivity contribution in [2.24, 2.45) is 0 Å². The van der Waals surface area contributed by atoms with Gasteiger partial charge in [-0.1, -0.05) is 23.7 Å². The van der Waals surface area contributed by atoms with Crippen molar-refractivity contribution in [3.05, 3.63) is 59.1 Å². The van der Waals surface area contributed by atoms with E-state index in [1.54, 1.807) is 41.2 Å². The fourth-order valence-corrected chi connectivity index (χ4v) is 3.90. The molecule has 2 atom stereocenters. The number of amides is 2. The quantitative estimate of drug-likeness (QED) is 0.791. The van der Waals surface area contributed by atoms with Crippen molar-refractivity contribution in [1.29, 1.82) is 0 Å². The first kappa shape index (κ1) is 18.8. The number of hydrogen-bond acceptors (Lipinski definition) is 4. The highest BCUT2D eigenvalue weighted by atomic mass is 35.5. The van der Waals surface area contributed by atoms with E-state index in [2.05, 4.69) is 0 Å². The van der Waals surface area contributed by atoms with Gasteiger partial charge in [0.15, 0.2) is 0 Å². The number of fused-ring (bicyclic) bond motifs is 3. The maximum absolute atomic E-state index is 13.4. The summed E-state index contributed by atoms with van der Waals surface area (Å²) >= 11 is 5.93. The van der Waals surface area contributed by atoms with E-state index >= 15 is 0 Å². The first-order valence-electron chi connectivity index (χ1n) is 9.21. The molecule has 6 nitrogen and oxygen atoms in total. The lowest BCUT2D eigenvalue weighted by atomic mass is 10.1. The number of hydrogen-bond donors (Lipinski definition) is 0. The maximum Gasteiger partial charge on any atom is 0.254 e. The summed E-state index contributed by atoms with van der Waals surface area (Å²) in [5.74, 6) is 0.340. The minimum Gasteiger partial charge on any atom is -0.486 e. The van der Waals surface area contributed by atoms with Crippen molar-refractivity contribution < 1.29 is 19.1 Å². The molecule has 2 aromatic rings. The molecule has 0 radical (unpaired) electrons. The fourth-order valence-electron chi connectivity index (χ4n) is 3.77. The molecule has 2 aliphatic rings. The van der Waals surface area contributed by atoms with Gasteiger partial charge in [0.25, 0.3) is 5.91 Å². The SMILES string of the molecule is COCCN1C(=O)[C@@H]2C[C@@H](CN2C(=O)c2ccc(Cl)cc2)Oc2ccccc21. The Morgan fingerprint density at radius 2 is 1.96 bits per heavy atom. The van der Waals surface area contributed by atoms with Crippen LogP contribution in [-0.2, 0) is 9.53 Å². The highest BCUT2D eigenvalue weighted by Gasteiger charge is 2.45. The standard InChI is InChI=1S/C21H21ClN2O4/c1-27-11-10-23-17-4-2-3-5-19(17)28-16-12-18(21(23)26)24(13-16)20(25)14-6-8-15(22)9-7-14/h2-9,16,18H,10-13H2,1H3/t16-,18-/m0/s1. The van der Waals surface area contributed by atoms with Crippen LogP contribution in [0.1, 0.15) is 16.8 Å². The van der Waals surface area contributed by atoms with E-state index in [0.717, 1.165) is 0 Å². The molecule has 0 spiro atoms. The topological polar surface area (TPSA) is 59.1 Å². The van der Waals surface area contributed by atoms with Crippen molar-refractivity contribution in [3.63, 3.8) is 0 Å². The molecular formula is C21H21ClN2O4. The van der Waals surface area contributed by atoms with Gasteiger partial charge in [0, 0.05) is 30.7 Å². The van der Waals surface area contributed by atoms with Crippen LogP contribution in [-0.4, -0.2) is 55.7 Å². The molecule has 1 saturated heterocycles. The number of halogens is 1. The Balaban J connectivity index is 1.68. The lowest BCUT2D eigenvalue weighted by Gasteiger charge is -2.31. The van der Waals surface area contributed by atoms with Crippen LogP contribution >= 0.6 is 11.6 Å². The molecule has 28 heavy (non-hydrogen) atoms. The predicted molar refractivity (Wildman–Crippen MR) is 106 cm³/mol. The van der Waals surface area contributed by atoms with Crippen molar-refractivity contribution >= 4 is 29.1 Å². The van der Waals surface area contributed by atoms with Crippen LogP contribution in [0.4, 0.5) is 5.69 Å². The molecule has 0 unspecified atom stereocenters. The molecule has 0 aliphatic carbocycles. The van der Waals surface area contributed by atoms with E-state index < -0.39 is 6.04 Å². The van der Waals surface area contributed by atoms with Gasteiger partial charge in [-0.05, 0) is 36.4 Å². The highest BCUT2D eigenvalue weighted by Crippen LogP contribution is 2.36. The van der Waals surface area contributed by atoms with Gasteiger partial charge in [0.1, 0.15) is 17.9 Å². The number of nitrogens with zero attached hydrogens (tertiary/aromatic N) is 2. The number of anilines is 1. The van der Waals surface area contributed by atoms with E-state index in [-0.39, 0.29) is 17.9 Å². The summed E-state index contributed by atoms with van der Waals surface area (Å²) in [6.45, 7) is 1.14. The molecule has 2 amide bonds. The summed E-state index contributed by atoms with van der Waals surface area (Å²) in [4.78, 5) is 29.8. The molecule has 7 heteroatoms. The van der Waals surface area contributed by atoms with Gasteiger partial charge in [-0.15, -0.1) is 0 Å². The van der Waals surface area contributed by atoms with Crippen LogP contribution in [0.5, 0.6) is 5.75 Å². The molecular weight excluding hydrogens is 380 g/mol. The minimum absolute atomic E-state index is 0.113. The molecule has 2 aliphatic heterocycles. The van der Waals surface area contributed by atoms with Crippen molar-refractivity contribution in [2.45, 2.75) is 18.6 Å². The summed E-state index contributed by atoms with van der Waals surface area (Å²) in [6, 6.07) is 13.6. The summed E-state index contributed by atoms with van der Waals surface area (Å²) in [5.41, 5.74) is 1.21. The third-order valence-electron chi connectivity index (χ3n) is 5.13. The zero-order chi connectivity index (χ0) is 19.7. The Kier molecular flexibility index (Phi) is 5.24. The third kappa shape index (κ3) is 3.45. The lowest BCUT2D eigenvalue weighted by Crippen LogP contribution is -2.49. The van der Waals surface area contributed by atoms with Crippen molar-refractivity contribution in [3.8, 4) is 5.75 Å². The number of carbonyl (C=O) groups excluding carboxylic acids is 2. The van der Waals surface area contributed by atoms with Crippen LogP contribution < -0.4 is 9.64 Å². The van der Waals surface area contributed by atoms with Gasteiger partial charge < -0.3 is 19.3 Å². The molecule has 0 saturated carbocycles. The summed E-state index contributed by atoms with van der Waals surface area (Å²) in [5, 5.41) is 0.561. The zero-order valence-electron chi connectivity index (χ0n) is 15.5. The summed E-state index contributed by atoms with van der Waals surface area (Å²) in [6.07, 6.45) is 0.242. The Morgan fingerprint density at radius 1 is 1.21 bits per heavy atom. The molecule has 4 rings (SSSR count). The van der Waals surface area contributed by atoms with Crippen LogP contribution in [0, 0.1) is 0 Å². The number of likely N-dealkylation sites (tertiary alicyclic amines) is 1. The van der Waals surface area contributed by atoms with Crippen LogP contribution in [0.3, 0.4) is 0 Å². The van der Waals surface area contributed by atoms with Gasteiger partial charge in [0.05, 0.1) is 18.8 Å². The number of methoxy groups -OCH3 is 1. The second-order valence-electron chi connectivity index (χ2n) is 6.91. The maximum atomic E-state index is 13.4. The summed E-state index contributed by atoms with van der Waals surface area (Å²) < 4.78 is 11.4. The molecule has 2 heterocycles. The van der Waals surface area contributed by atoms with Gasteiger partial charge in [-0.25, -0.2) is 0 Å². The third-order valence-corrected chi connectivity index (χ3v) is 5.39. The van der Waals surface area contributed by atoms with E-state index in [0.29, 0.717) is 48.1 Å². The van der Waals surface area contributed by atoms with Crippen LogP contribution in [0.2, 0.25) is 5.02 Å². The molecule has 146 valence electrons. The summed E-state index contributed by atoms with van der Waals surface area (Å²) in [7, 11) is 1.60. The predicted octanol–water partition coefficient (Wildman–Crippen LogP) is 3.00. The monoisotopic (exact) mass is 400 g/mol. The van der Waals surface area contributed by atoms with Gasteiger partial charge in [-0.3, -0.25) is 9.59 Å². The second kappa shape index (κ2) is 7.81. The average molecular weight is 401 g/mol. The van der Waals surface area contributed by atoms with Crippen LogP contribution in [0.15, 0.2) is 48.5 Å². The molecule has 1 fully saturated rings. The fraction of sp³-hybridized carbons (Fsp3) is 0.333. The smallest absolute Gasteiger partial charge is 0.254 e. The Hall–Kier alpha value is -2.57. The number of benzene rings is 2. The Labute approximate surface area is 168 Å². The highest BCUT2D eigenvalue weighted by molar-refractivity contribution is 6.30. The van der Waals surface area contributed by atoms with E-state index in [9.17, 15) is 9.59 Å². The average Bonchev–Trinajstić information content (AvgIpc) is 3.13. The van der Waals surface area contributed by atoms with Gasteiger partial charge in [-0.2, -0.15) is 0 Å². The van der Waals surface area contributed by atoms with Crippen LogP contribution in [0.25, 0.3) is 0 Å². The first-order valence-corrected chi connectivity index (χ1v) is 9.59. The molecule has 2 bridgehead atoms. The van der Waals surface area contributed by atoms with E-state index in [1.165, 1.54) is 0 Å². The minimum atomic E-state index is -0.571. The van der Waals surface area contributed by atoms with Gasteiger partial charge in [0.2, 0.25) is 5.91 Å². The number of para-hydroxylation sites is 2. The van der Waals surface area contributed by atoms with E-state index in [4.69, 9.17) is 21.1 Å². The Bertz CT molecular complexity index is 886.